The van der Waals surface area contributed by atoms with Gasteiger partial charge in [-0.2, -0.15) is 0 Å². The van der Waals surface area contributed by atoms with Crippen LogP contribution in [0.2, 0.25) is 0 Å². The third kappa shape index (κ3) is 1.70. The number of aromatic amines is 1. The van der Waals surface area contributed by atoms with Crippen LogP contribution in [0.4, 0.5) is 11.4 Å². The van der Waals surface area contributed by atoms with E-state index in [4.69, 9.17) is 5.73 Å². The molecule has 1 aromatic rings. The maximum atomic E-state index is 11.6. The molecule has 4 saturated carbocycles. The van der Waals surface area contributed by atoms with Gasteiger partial charge in [0, 0.05) is 24.8 Å². The number of pyridine rings is 1. The Balaban J connectivity index is 1.73. The van der Waals surface area contributed by atoms with Crippen LogP contribution < -0.4 is 16.2 Å². The Morgan fingerprint density at radius 1 is 1.20 bits per heavy atom. The van der Waals surface area contributed by atoms with Crippen molar-refractivity contribution in [2.75, 3.05) is 17.7 Å². The number of aromatic nitrogens is 1. The molecule has 0 aromatic carbocycles. The summed E-state index contributed by atoms with van der Waals surface area (Å²) in [6.07, 6.45) is 9.76. The molecule has 20 heavy (non-hydrogen) atoms. The lowest BCUT2D eigenvalue weighted by Gasteiger charge is -2.60. The molecule has 4 aliphatic carbocycles. The zero-order valence-corrected chi connectivity index (χ0v) is 12.1. The molecule has 0 radical (unpaired) electrons. The molecule has 108 valence electrons. The summed E-state index contributed by atoms with van der Waals surface area (Å²) in [5.74, 6) is 2.69. The molecule has 0 atom stereocenters. The van der Waals surface area contributed by atoms with E-state index in [-0.39, 0.29) is 11.1 Å². The number of nitrogen functional groups attached to an aromatic ring is 1. The average molecular weight is 273 g/mol. The molecule has 0 unspecified atom stereocenters. The van der Waals surface area contributed by atoms with Gasteiger partial charge in [0.1, 0.15) is 0 Å². The smallest absolute Gasteiger partial charge is 0.250 e. The Morgan fingerprint density at radius 2 is 1.75 bits per heavy atom. The monoisotopic (exact) mass is 273 g/mol. The zero-order valence-electron chi connectivity index (χ0n) is 12.1. The van der Waals surface area contributed by atoms with Gasteiger partial charge in [0.15, 0.2) is 0 Å². The van der Waals surface area contributed by atoms with Crippen molar-refractivity contribution in [1.29, 1.82) is 0 Å². The summed E-state index contributed by atoms with van der Waals surface area (Å²) in [7, 11) is 2.14. The third-order valence-corrected chi connectivity index (χ3v) is 6.01. The van der Waals surface area contributed by atoms with Crippen LogP contribution in [0, 0.1) is 17.8 Å². The van der Waals surface area contributed by atoms with Crippen LogP contribution in [-0.4, -0.2) is 17.6 Å². The average Bonchev–Trinajstić information content (AvgIpc) is 2.39. The summed E-state index contributed by atoms with van der Waals surface area (Å²) >= 11 is 0. The van der Waals surface area contributed by atoms with Gasteiger partial charge >= 0.3 is 0 Å². The van der Waals surface area contributed by atoms with E-state index in [1.54, 1.807) is 12.3 Å². The summed E-state index contributed by atoms with van der Waals surface area (Å²) in [6.45, 7) is 0. The first-order chi connectivity index (χ1) is 9.56. The van der Waals surface area contributed by atoms with Crippen molar-refractivity contribution in [2.24, 2.45) is 17.8 Å². The lowest BCUT2D eigenvalue weighted by atomic mass is 9.52. The molecule has 3 N–H and O–H groups in total. The van der Waals surface area contributed by atoms with Crippen LogP contribution in [0.5, 0.6) is 0 Å². The fourth-order valence-corrected chi connectivity index (χ4v) is 5.49. The number of nitrogens with two attached hydrogens (primary N) is 1. The highest BCUT2D eigenvalue weighted by Gasteiger charge is 2.53. The number of hydrogen-bond donors (Lipinski definition) is 2. The molecule has 0 aliphatic heterocycles. The predicted molar refractivity (Wildman–Crippen MR) is 80.8 cm³/mol. The van der Waals surface area contributed by atoms with Crippen molar-refractivity contribution in [1.82, 2.24) is 4.98 Å². The van der Waals surface area contributed by atoms with Gasteiger partial charge in [-0.1, -0.05) is 0 Å². The molecule has 4 bridgehead atoms. The molecule has 5 rings (SSSR count). The van der Waals surface area contributed by atoms with E-state index in [1.165, 1.54) is 38.5 Å². The molecule has 0 spiro atoms. The van der Waals surface area contributed by atoms with Crippen LogP contribution in [0.15, 0.2) is 17.1 Å². The van der Waals surface area contributed by atoms with Crippen molar-refractivity contribution >= 4 is 11.4 Å². The number of H-pyrrole nitrogens is 1. The fourth-order valence-electron chi connectivity index (χ4n) is 5.49. The van der Waals surface area contributed by atoms with Crippen molar-refractivity contribution in [3.8, 4) is 0 Å². The van der Waals surface area contributed by atoms with E-state index >= 15 is 0 Å². The van der Waals surface area contributed by atoms with E-state index < -0.39 is 0 Å². The zero-order chi connectivity index (χ0) is 13.9. The Labute approximate surface area is 119 Å². The Morgan fingerprint density at radius 3 is 2.30 bits per heavy atom. The standard InChI is InChI=1S/C16H23N3O/c1-19(14-5-15(20)18-9-13(14)17)16-6-10-2-11(7-16)4-12(3-10)8-16/h5,9-12H,2-4,6-8,17H2,1H3,(H,18,20). The summed E-state index contributed by atoms with van der Waals surface area (Å²) in [5, 5.41) is 0. The first-order valence-corrected chi connectivity index (χ1v) is 7.78. The van der Waals surface area contributed by atoms with Crippen molar-refractivity contribution in [2.45, 2.75) is 44.1 Å². The largest absolute Gasteiger partial charge is 0.396 e. The summed E-state index contributed by atoms with van der Waals surface area (Å²) in [4.78, 5) is 16.6. The van der Waals surface area contributed by atoms with Crippen LogP contribution in [0.25, 0.3) is 0 Å². The number of nitrogens with one attached hydrogen (secondary N) is 1. The van der Waals surface area contributed by atoms with E-state index in [0.717, 1.165) is 23.4 Å². The highest BCUT2D eigenvalue weighted by atomic mass is 16.1. The second-order valence-electron chi connectivity index (χ2n) is 7.34. The van der Waals surface area contributed by atoms with E-state index in [1.807, 2.05) is 0 Å². The van der Waals surface area contributed by atoms with Gasteiger partial charge in [-0.3, -0.25) is 4.79 Å². The second kappa shape index (κ2) is 4.03. The molecule has 4 heteroatoms. The highest BCUT2D eigenvalue weighted by Crippen LogP contribution is 2.58. The van der Waals surface area contributed by atoms with Crippen LogP contribution in [0.1, 0.15) is 38.5 Å². The number of rotatable bonds is 2. The van der Waals surface area contributed by atoms with Gasteiger partial charge in [0.25, 0.3) is 0 Å². The quantitative estimate of drug-likeness (QED) is 0.869. The van der Waals surface area contributed by atoms with Gasteiger partial charge in [-0.15, -0.1) is 0 Å². The van der Waals surface area contributed by atoms with E-state index in [2.05, 4.69) is 16.9 Å². The number of anilines is 2. The normalized spacial score (nSPS) is 38.1. The molecule has 0 amide bonds. The molecule has 1 aromatic heterocycles. The summed E-state index contributed by atoms with van der Waals surface area (Å²) in [6, 6.07) is 1.66. The van der Waals surface area contributed by atoms with Gasteiger partial charge in [-0.25, -0.2) is 0 Å². The van der Waals surface area contributed by atoms with Crippen molar-refractivity contribution in [3.63, 3.8) is 0 Å². The maximum Gasteiger partial charge on any atom is 0.250 e. The maximum absolute atomic E-state index is 11.6. The minimum absolute atomic E-state index is 0.0641. The molecule has 1 heterocycles. The van der Waals surface area contributed by atoms with Crippen LogP contribution in [0.3, 0.4) is 0 Å². The van der Waals surface area contributed by atoms with Gasteiger partial charge in [-0.05, 0) is 56.3 Å². The molecule has 4 aliphatic rings. The Bertz CT molecular complexity index is 556. The molecule has 4 nitrogen and oxygen atoms in total. The first-order valence-electron chi connectivity index (χ1n) is 7.78. The Hall–Kier alpha value is -1.45. The van der Waals surface area contributed by atoms with Gasteiger partial charge in [0.05, 0.1) is 11.4 Å². The minimum atomic E-state index is -0.0641. The fraction of sp³-hybridized carbons (Fsp3) is 0.688. The summed E-state index contributed by atoms with van der Waals surface area (Å²) < 4.78 is 0. The van der Waals surface area contributed by atoms with E-state index in [0.29, 0.717) is 5.69 Å². The van der Waals surface area contributed by atoms with Crippen molar-refractivity contribution in [3.05, 3.63) is 22.6 Å². The number of nitrogens with zero attached hydrogens (tertiary/aromatic N) is 1. The van der Waals surface area contributed by atoms with Crippen LogP contribution in [-0.2, 0) is 0 Å². The highest BCUT2D eigenvalue weighted by molar-refractivity contribution is 5.67. The number of hydrogen-bond acceptors (Lipinski definition) is 3. The second-order valence-corrected chi connectivity index (χ2v) is 7.34. The lowest BCUT2D eigenvalue weighted by Crippen LogP contribution is -2.59. The summed E-state index contributed by atoms with van der Waals surface area (Å²) in [5.41, 5.74) is 7.88. The molecule has 0 saturated heterocycles. The van der Waals surface area contributed by atoms with Gasteiger partial charge in [0.2, 0.25) is 5.56 Å². The molecular formula is C16H23N3O. The van der Waals surface area contributed by atoms with Gasteiger partial charge < -0.3 is 15.6 Å². The first kappa shape index (κ1) is 12.3. The Kier molecular flexibility index (Phi) is 2.48. The van der Waals surface area contributed by atoms with Crippen LogP contribution >= 0.6 is 0 Å². The minimum Gasteiger partial charge on any atom is -0.396 e. The lowest BCUT2D eigenvalue weighted by molar-refractivity contribution is -0.00196. The topological polar surface area (TPSA) is 62.1 Å². The van der Waals surface area contributed by atoms with E-state index in [9.17, 15) is 4.79 Å². The molecular weight excluding hydrogens is 250 g/mol. The molecule has 4 fully saturated rings. The predicted octanol–water partition coefficient (Wildman–Crippen LogP) is 2.36. The van der Waals surface area contributed by atoms with Crippen molar-refractivity contribution < 1.29 is 0 Å². The SMILES string of the molecule is CN(c1cc(=O)[nH]cc1N)C12CC3CC(CC(C3)C1)C2. The third-order valence-electron chi connectivity index (χ3n) is 6.01.